The maximum absolute atomic E-state index is 13.2. The van der Waals surface area contributed by atoms with E-state index in [1.54, 1.807) is 4.90 Å². The molecule has 1 saturated heterocycles. The zero-order chi connectivity index (χ0) is 21.1. The quantitative estimate of drug-likeness (QED) is 0.768. The van der Waals surface area contributed by atoms with Crippen LogP contribution in [-0.2, 0) is 27.5 Å². The van der Waals surface area contributed by atoms with Crippen molar-refractivity contribution >= 4 is 21.4 Å². The molecule has 2 aliphatic rings. The number of para-hydroxylation sites is 1. The van der Waals surface area contributed by atoms with Crippen LogP contribution < -0.4 is 10.2 Å². The molecule has 1 amide bonds. The molecule has 2 atom stereocenters. The van der Waals surface area contributed by atoms with Gasteiger partial charge in [-0.05, 0) is 67.9 Å². The Balaban J connectivity index is 1.46. The molecule has 1 aliphatic carbocycles. The molecule has 4 rings (SSSR count). The van der Waals surface area contributed by atoms with Gasteiger partial charge < -0.3 is 10.2 Å². The average Bonchev–Trinajstić information content (AvgIpc) is 3.11. The maximum atomic E-state index is 13.2. The molecule has 0 bridgehead atoms. The number of carbonyl (C=O) groups is 1. The van der Waals surface area contributed by atoms with Gasteiger partial charge >= 0.3 is 0 Å². The number of anilines is 1. The lowest BCUT2D eigenvalue weighted by Gasteiger charge is -2.29. The predicted molar refractivity (Wildman–Crippen MR) is 120 cm³/mol. The highest BCUT2D eigenvalue weighted by Crippen LogP contribution is 2.26. The Kier molecular flexibility index (Phi) is 6.25. The second kappa shape index (κ2) is 8.90. The fourth-order valence-electron chi connectivity index (χ4n) is 4.59. The Morgan fingerprint density at radius 1 is 1.10 bits per heavy atom. The highest BCUT2D eigenvalue weighted by atomic mass is 32.2. The summed E-state index contributed by atoms with van der Waals surface area (Å²) in [4.78, 5) is 14.9. The van der Waals surface area contributed by atoms with E-state index in [4.69, 9.17) is 0 Å². The van der Waals surface area contributed by atoms with E-state index in [9.17, 15) is 13.2 Å². The fraction of sp³-hybridized carbons (Fsp3) is 0.458. The van der Waals surface area contributed by atoms with Crippen molar-refractivity contribution in [1.29, 1.82) is 0 Å². The first-order valence-corrected chi connectivity index (χ1v) is 12.7. The number of rotatable bonds is 6. The van der Waals surface area contributed by atoms with Gasteiger partial charge in [-0.25, -0.2) is 8.42 Å². The lowest BCUT2D eigenvalue weighted by atomic mass is 9.89. The first-order valence-electron chi connectivity index (χ1n) is 10.9. The van der Waals surface area contributed by atoms with Crippen molar-refractivity contribution in [2.75, 3.05) is 23.0 Å². The number of nitrogens with zero attached hydrogens (tertiary/aromatic N) is 1. The highest BCUT2D eigenvalue weighted by Gasteiger charge is 2.35. The number of aryl methyl sites for hydroxylation is 2. The summed E-state index contributed by atoms with van der Waals surface area (Å²) in [5.74, 6) is 0.0921. The van der Waals surface area contributed by atoms with E-state index in [1.807, 2.05) is 30.3 Å². The summed E-state index contributed by atoms with van der Waals surface area (Å²) in [5.41, 5.74) is 4.83. The number of amides is 1. The summed E-state index contributed by atoms with van der Waals surface area (Å²) in [6, 6.07) is 15.8. The van der Waals surface area contributed by atoms with Crippen molar-refractivity contribution in [3.63, 3.8) is 0 Å². The predicted octanol–water partition coefficient (Wildman–Crippen LogP) is 3.44. The summed E-state index contributed by atoms with van der Waals surface area (Å²) in [6.07, 6.45) is 5.29. The van der Waals surface area contributed by atoms with Gasteiger partial charge in [0.15, 0.2) is 9.84 Å². The van der Waals surface area contributed by atoms with Gasteiger partial charge in [-0.1, -0.05) is 36.4 Å². The summed E-state index contributed by atoms with van der Waals surface area (Å²) in [5, 5.41) is 3.36. The van der Waals surface area contributed by atoms with Gasteiger partial charge in [0.25, 0.3) is 0 Å². The van der Waals surface area contributed by atoms with Crippen molar-refractivity contribution in [2.24, 2.45) is 0 Å². The number of benzene rings is 2. The summed E-state index contributed by atoms with van der Waals surface area (Å²) in [7, 11) is -3.08. The Bertz CT molecular complexity index is 1000. The normalized spacial score (nSPS) is 21.0. The van der Waals surface area contributed by atoms with Crippen LogP contribution in [0.1, 0.15) is 48.9 Å². The van der Waals surface area contributed by atoms with Crippen LogP contribution in [0.15, 0.2) is 48.5 Å². The maximum Gasteiger partial charge on any atom is 0.241 e. The van der Waals surface area contributed by atoms with Crippen LogP contribution in [0, 0.1) is 0 Å². The average molecular weight is 427 g/mol. The van der Waals surface area contributed by atoms with Crippen LogP contribution in [0.2, 0.25) is 0 Å². The zero-order valence-corrected chi connectivity index (χ0v) is 18.3. The van der Waals surface area contributed by atoms with Gasteiger partial charge in [0.1, 0.15) is 0 Å². The number of sulfone groups is 1. The second-order valence-electron chi connectivity index (χ2n) is 8.49. The van der Waals surface area contributed by atoms with Gasteiger partial charge in [-0.3, -0.25) is 4.79 Å². The van der Waals surface area contributed by atoms with Crippen molar-refractivity contribution in [3.05, 3.63) is 65.2 Å². The van der Waals surface area contributed by atoms with Crippen LogP contribution in [-0.4, -0.2) is 38.4 Å². The molecule has 0 radical (unpaired) electrons. The molecule has 5 nitrogen and oxygen atoms in total. The first-order chi connectivity index (χ1) is 14.4. The molecular weight excluding hydrogens is 396 g/mol. The fourth-order valence-corrected chi connectivity index (χ4v) is 6.29. The molecule has 2 unspecified atom stereocenters. The van der Waals surface area contributed by atoms with Crippen molar-refractivity contribution < 1.29 is 13.2 Å². The van der Waals surface area contributed by atoms with E-state index in [-0.39, 0.29) is 36.0 Å². The third-order valence-corrected chi connectivity index (χ3v) is 8.06. The van der Waals surface area contributed by atoms with Crippen LogP contribution in [0.4, 0.5) is 5.69 Å². The Hall–Kier alpha value is -2.18. The number of nitrogens with one attached hydrogen (secondary N) is 1. The molecule has 6 heteroatoms. The van der Waals surface area contributed by atoms with Crippen molar-refractivity contribution in [3.8, 4) is 0 Å². The number of carbonyl (C=O) groups excluding carboxylic acids is 1. The Morgan fingerprint density at radius 3 is 2.53 bits per heavy atom. The molecule has 1 fully saturated rings. The minimum atomic E-state index is -3.08. The van der Waals surface area contributed by atoms with Gasteiger partial charge in [0, 0.05) is 11.7 Å². The van der Waals surface area contributed by atoms with Crippen LogP contribution >= 0.6 is 0 Å². The smallest absolute Gasteiger partial charge is 0.241 e. The van der Waals surface area contributed by atoms with Crippen LogP contribution in [0.3, 0.4) is 0 Å². The second-order valence-corrected chi connectivity index (χ2v) is 10.7. The molecule has 1 heterocycles. The molecule has 2 aromatic carbocycles. The summed E-state index contributed by atoms with van der Waals surface area (Å²) in [6.45, 7) is 2.24. The van der Waals surface area contributed by atoms with E-state index in [0.717, 1.165) is 18.5 Å². The molecular formula is C24H30N2O3S. The van der Waals surface area contributed by atoms with E-state index < -0.39 is 9.84 Å². The lowest BCUT2D eigenvalue weighted by Crippen LogP contribution is -2.46. The monoisotopic (exact) mass is 426 g/mol. The molecule has 30 heavy (non-hydrogen) atoms. The van der Waals surface area contributed by atoms with E-state index in [2.05, 4.69) is 30.4 Å². The van der Waals surface area contributed by atoms with Gasteiger partial charge in [0.2, 0.25) is 5.91 Å². The van der Waals surface area contributed by atoms with E-state index in [0.29, 0.717) is 6.42 Å². The molecule has 0 aromatic heterocycles. The third kappa shape index (κ3) is 4.76. The van der Waals surface area contributed by atoms with Gasteiger partial charge in [-0.2, -0.15) is 0 Å². The number of hydrogen-bond acceptors (Lipinski definition) is 4. The van der Waals surface area contributed by atoms with E-state index >= 15 is 0 Å². The van der Waals surface area contributed by atoms with Crippen molar-refractivity contribution in [2.45, 2.75) is 51.1 Å². The molecule has 0 spiro atoms. The molecule has 1 aliphatic heterocycles. The largest absolute Gasteiger partial charge is 0.307 e. The summed E-state index contributed by atoms with van der Waals surface area (Å²) >= 11 is 0. The van der Waals surface area contributed by atoms with Gasteiger partial charge in [0.05, 0.1) is 24.1 Å². The summed E-state index contributed by atoms with van der Waals surface area (Å²) < 4.78 is 24.0. The molecule has 160 valence electrons. The van der Waals surface area contributed by atoms with Crippen molar-refractivity contribution in [1.82, 2.24) is 5.32 Å². The minimum absolute atomic E-state index is 0.0357. The Labute approximate surface area is 179 Å². The zero-order valence-electron chi connectivity index (χ0n) is 17.5. The van der Waals surface area contributed by atoms with Gasteiger partial charge in [-0.15, -0.1) is 0 Å². The number of hydrogen-bond donors (Lipinski definition) is 1. The standard InChI is InChI=1S/C24H30N2O3S/c1-18(20-12-11-19-7-5-6-8-21(19)15-20)25-16-24(27)26(22-9-3-2-4-10-22)23-13-14-30(28,29)17-23/h2-4,9-12,15,18,23,25H,5-8,13-14,16-17H2,1H3. The van der Waals surface area contributed by atoms with Crippen LogP contribution in [0.25, 0.3) is 0 Å². The SMILES string of the molecule is CC(NCC(=O)N(c1ccccc1)C1CCS(=O)(=O)C1)c1ccc2c(c1)CCCC2. The topological polar surface area (TPSA) is 66.5 Å². The Morgan fingerprint density at radius 2 is 1.83 bits per heavy atom. The number of fused-ring (bicyclic) bond motifs is 1. The first kappa shape index (κ1) is 21.1. The minimum Gasteiger partial charge on any atom is -0.307 e. The highest BCUT2D eigenvalue weighted by molar-refractivity contribution is 7.91. The van der Waals surface area contributed by atoms with E-state index in [1.165, 1.54) is 29.5 Å². The molecule has 2 aromatic rings. The lowest BCUT2D eigenvalue weighted by molar-refractivity contribution is -0.118. The molecule has 0 saturated carbocycles. The molecule has 1 N–H and O–H groups in total. The van der Waals surface area contributed by atoms with Crippen LogP contribution in [0.5, 0.6) is 0 Å². The third-order valence-electron chi connectivity index (χ3n) is 6.31.